The first-order valence-electron chi connectivity index (χ1n) is 17.3. The van der Waals surface area contributed by atoms with Gasteiger partial charge in [0.25, 0.3) is 0 Å². The predicted molar refractivity (Wildman–Crippen MR) is 209 cm³/mol. The average molecular weight is 637 g/mol. The summed E-state index contributed by atoms with van der Waals surface area (Å²) in [7, 11) is 0. The molecule has 1 N–H and O–H groups in total. The number of benzene rings is 7. The zero-order chi connectivity index (χ0) is 33.4. The number of hydrogen-bond donors (Lipinski definition) is 1. The molecule has 0 amide bonds. The maximum absolute atomic E-state index is 3.71. The topological polar surface area (TPSA) is 18.5 Å². The van der Waals surface area contributed by atoms with Gasteiger partial charge < -0.3 is 15.1 Å². The summed E-state index contributed by atoms with van der Waals surface area (Å²) in [5.74, 6) is 1.22. The van der Waals surface area contributed by atoms with Gasteiger partial charge in [-0.3, -0.25) is 0 Å². The van der Waals surface area contributed by atoms with Crippen LogP contribution >= 0.6 is 0 Å². The third kappa shape index (κ3) is 6.88. The molecule has 0 aliphatic heterocycles. The summed E-state index contributed by atoms with van der Waals surface area (Å²) in [5, 5.41) is 6.15. The molecule has 0 fully saturated rings. The number of para-hydroxylation sites is 2. The Morgan fingerprint density at radius 1 is 0.429 bits per heavy atom. The molecular weight excluding hydrogens is 595 g/mol. The van der Waals surface area contributed by atoms with Gasteiger partial charge in [-0.2, -0.15) is 0 Å². The molecule has 0 saturated heterocycles. The summed E-state index contributed by atoms with van der Waals surface area (Å²) in [5.41, 5.74) is 10.7. The molecule has 7 rings (SSSR count). The molecule has 0 saturated carbocycles. The molecule has 0 heterocycles. The van der Waals surface area contributed by atoms with Crippen molar-refractivity contribution in [3.63, 3.8) is 0 Å². The molecule has 240 valence electrons. The Kier molecular flexibility index (Phi) is 9.61. The molecule has 0 bridgehead atoms. The minimum atomic E-state index is 0.772. The number of hydrogen-bond acceptors (Lipinski definition) is 3. The highest BCUT2D eigenvalue weighted by Gasteiger charge is 2.26. The van der Waals surface area contributed by atoms with Crippen LogP contribution in [0.1, 0.15) is 36.1 Å². The minimum Gasteiger partial charge on any atom is -0.380 e. The van der Waals surface area contributed by atoms with E-state index in [9.17, 15) is 0 Å². The van der Waals surface area contributed by atoms with Crippen LogP contribution < -0.4 is 15.1 Å². The monoisotopic (exact) mass is 636 g/mol. The fourth-order valence-corrected chi connectivity index (χ4v) is 6.80. The molecular formula is C46H42N3+. The Morgan fingerprint density at radius 2 is 0.857 bits per heavy atom. The van der Waals surface area contributed by atoms with Crippen LogP contribution in [0.3, 0.4) is 0 Å². The fourth-order valence-electron chi connectivity index (χ4n) is 6.80. The van der Waals surface area contributed by atoms with Crippen LogP contribution in [0.2, 0.25) is 0 Å². The van der Waals surface area contributed by atoms with E-state index in [1.54, 1.807) is 0 Å². The lowest BCUT2D eigenvalue weighted by atomic mass is 9.82. The van der Waals surface area contributed by atoms with Crippen LogP contribution in [0, 0.1) is 5.92 Å². The van der Waals surface area contributed by atoms with Crippen molar-refractivity contribution in [3.05, 3.63) is 204 Å². The summed E-state index contributed by atoms with van der Waals surface area (Å²) in [4.78, 5) is 4.70. The highest BCUT2D eigenvalue weighted by atomic mass is 15.1. The molecule has 0 spiro atoms. The Labute approximate surface area is 291 Å². The molecule has 3 nitrogen and oxygen atoms in total. The first-order valence-corrected chi connectivity index (χ1v) is 17.3. The van der Waals surface area contributed by atoms with Crippen LogP contribution in [-0.4, -0.2) is 13.1 Å². The van der Waals surface area contributed by atoms with E-state index in [4.69, 9.17) is 0 Å². The van der Waals surface area contributed by atoms with Crippen molar-refractivity contribution in [3.8, 4) is 0 Å². The SMILES string of the molecule is CCN(c1ccccc1)c1ccc([C+](c2ccc(N(CC)c3ccccc3)cc2)c2ccc(NCc3ccccc3)c3ccccc23)cc1. The first-order chi connectivity index (χ1) is 24.2. The van der Waals surface area contributed by atoms with Crippen molar-refractivity contribution in [2.75, 3.05) is 28.2 Å². The van der Waals surface area contributed by atoms with Crippen molar-refractivity contribution < 1.29 is 0 Å². The number of nitrogens with zero attached hydrogens (tertiary/aromatic N) is 2. The molecule has 0 atom stereocenters. The summed E-state index contributed by atoms with van der Waals surface area (Å²) in [6.45, 7) is 6.95. The lowest BCUT2D eigenvalue weighted by molar-refractivity contribution is 1.02. The minimum absolute atomic E-state index is 0.772. The smallest absolute Gasteiger partial charge is 0.0638 e. The van der Waals surface area contributed by atoms with Gasteiger partial charge in [-0.25, -0.2) is 0 Å². The van der Waals surface area contributed by atoms with E-state index in [-0.39, 0.29) is 0 Å². The third-order valence-electron chi connectivity index (χ3n) is 9.22. The van der Waals surface area contributed by atoms with Crippen LogP contribution in [-0.2, 0) is 6.54 Å². The van der Waals surface area contributed by atoms with Gasteiger partial charge in [-0.05, 0) is 116 Å². The largest absolute Gasteiger partial charge is 0.380 e. The fraction of sp³-hybridized carbons (Fsp3) is 0.109. The van der Waals surface area contributed by atoms with Crippen molar-refractivity contribution in [2.24, 2.45) is 0 Å². The second-order valence-corrected chi connectivity index (χ2v) is 12.2. The van der Waals surface area contributed by atoms with Crippen LogP contribution in [0.5, 0.6) is 0 Å². The Morgan fingerprint density at radius 3 is 1.35 bits per heavy atom. The third-order valence-corrected chi connectivity index (χ3v) is 9.22. The van der Waals surface area contributed by atoms with Crippen molar-refractivity contribution in [1.29, 1.82) is 0 Å². The van der Waals surface area contributed by atoms with Crippen LogP contribution in [0.4, 0.5) is 28.4 Å². The number of rotatable bonds is 12. The van der Waals surface area contributed by atoms with Gasteiger partial charge in [-0.15, -0.1) is 0 Å². The summed E-state index contributed by atoms with van der Waals surface area (Å²) >= 11 is 0. The standard InChI is InChI=1S/C46H42N3/c1-3-48(38-18-10-6-11-19-38)40-28-24-36(25-29-40)46(37-26-30-41(31-27-37)49(4-2)39-20-12-7-13-21-39)44-32-33-45(43-23-15-14-22-42(43)44)47-34-35-16-8-5-9-17-35/h5-33,47H,3-4,34H2,1-2H3/q+1. The molecule has 7 aromatic carbocycles. The van der Waals surface area contributed by atoms with E-state index < -0.39 is 0 Å². The molecule has 0 aliphatic rings. The van der Waals surface area contributed by atoms with E-state index in [0.717, 1.165) is 25.3 Å². The van der Waals surface area contributed by atoms with Crippen molar-refractivity contribution in [1.82, 2.24) is 0 Å². The van der Waals surface area contributed by atoms with Gasteiger partial charge in [0.2, 0.25) is 0 Å². The van der Waals surface area contributed by atoms with Crippen LogP contribution in [0.25, 0.3) is 10.8 Å². The Hall–Kier alpha value is -5.93. The summed E-state index contributed by atoms with van der Waals surface area (Å²) in [6, 6.07) is 63.2. The van der Waals surface area contributed by atoms with Gasteiger partial charge >= 0.3 is 0 Å². The molecule has 49 heavy (non-hydrogen) atoms. The maximum atomic E-state index is 3.71. The van der Waals surface area contributed by atoms with E-state index in [2.05, 4.69) is 205 Å². The molecule has 0 unspecified atom stereocenters. The molecule has 0 radical (unpaired) electrons. The van der Waals surface area contributed by atoms with E-state index >= 15 is 0 Å². The highest BCUT2D eigenvalue weighted by molar-refractivity contribution is 5.98. The zero-order valence-electron chi connectivity index (χ0n) is 28.3. The van der Waals surface area contributed by atoms with Gasteiger partial charge in [0.15, 0.2) is 0 Å². The lowest BCUT2D eigenvalue weighted by Gasteiger charge is -2.24. The van der Waals surface area contributed by atoms with Crippen molar-refractivity contribution in [2.45, 2.75) is 20.4 Å². The normalized spacial score (nSPS) is 10.9. The van der Waals surface area contributed by atoms with Gasteiger partial charge in [-0.1, -0.05) is 78.9 Å². The predicted octanol–water partition coefficient (Wildman–Crippen LogP) is 11.8. The average Bonchev–Trinajstić information content (AvgIpc) is 3.17. The second-order valence-electron chi connectivity index (χ2n) is 12.2. The summed E-state index contributed by atoms with van der Waals surface area (Å²) in [6.07, 6.45) is 0. The number of fused-ring (bicyclic) bond motifs is 1. The summed E-state index contributed by atoms with van der Waals surface area (Å²) < 4.78 is 0. The van der Waals surface area contributed by atoms with E-state index in [1.807, 2.05) is 0 Å². The number of anilines is 5. The van der Waals surface area contributed by atoms with Gasteiger partial charge in [0, 0.05) is 41.8 Å². The molecule has 0 aromatic heterocycles. The van der Waals surface area contributed by atoms with E-state index in [0.29, 0.717) is 0 Å². The van der Waals surface area contributed by atoms with Crippen molar-refractivity contribution >= 4 is 39.2 Å². The number of nitrogens with one attached hydrogen (secondary N) is 1. The van der Waals surface area contributed by atoms with Crippen LogP contribution in [0.15, 0.2) is 176 Å². The molecule has 7 aromatic rings. The highest BCUT2D eigenvalue weighted by Crippen LogP contribution is 2.40. The Balaban J connectivity index is 1.30. The van der Waals surface area contributed by atoms with Gasteiger partial charge in [0.1, 0.15) is 0 Å². The first kappa shape index (κ1) is 31.7. The maximum Gasteiger partial charge on any atom is 0.0638 e. The lowest BCUT2D eigenvalue weighted by Crippen LogP contribution is -2.16. The molecule has 3 heteroatoms. The Bertz CT molecular complexity index is 1980. The quantitative estimate of drug-likeness (QED) is 0.106. The zero-order valence-corrected chi connectivity index (χ0v) is 28.3. The van der Waals surface area contributed by atoms with E-state index in [1.165, 1.54) is 61.7 Å². The second kappa shape index (κ2) is 14.9. The van der Waals surface area contributed by atoms with Gasteiger partial charge in [0.05, 0.1) is 39.7 Å². The molecule has 0 aliphatic carbocycles.